The summed E-state index contributed by atoms with van der Waals surface area (Å²) in [4.78, 5) is 5.52. The Morgan fingerprint density at radius 2 is 2.14 bits per heavy atom. The molecule has 0 fully saturated rings. The molecule has 1 aromatic carbocycles. The molecular formula is C11H11NOS. The van der Waals surface area contributed by atoms with Crippen LogP contribution >= 0.6 is 11.3 Å². The molecule has 0 spiro atoms. The van der Waals surface area contributed by atoms with Gasteiger partial charge >= 0.3 is 0 Å². The van der Waals surface area contributed by atoms with E-state index in [0.29, 0.717) is 5.75 Å². The number of para-hydroxylation sites is 1. The molecule has 0 saturated carbocycles. The second-order valence-corrected chi connectivity index (χ2v) is 4.12. The van der Waals surface area contributed by atoms with Gasteiger partial charge in [-0.3, -0.25) is 0 Å². The van der Waals surface area contributed by atoms with E-state index in [4.69, 9.17) is 0 Å². The van der Waals surface area contributed by atoms with E-state index in [2.05, 4.69) is 11.9 Å². The van der Waals surface area contributed by atoms with E-state index in [9.17, 15) is 5.11 Å². The van der Waals surface area contributed by atoms with Crippen LogP contribution in [0.25, 0.3) is 10.6 Å². The average molecular weight is 205 g/mol. The molecule has 3 heteroatoms. The molecule has 0 unspecified atom stereocenters. The molecule has 1 aromatic heterocycles. The molecule has 0 saturated heterocycles. The van der Waals surface area contributed by atoms with Gasteiger partial charge in [0.25, 0.3) is 0 Å². The number of rotatable bonds is 2. The standard InChI is InChI=1S/C11H11NOS/c1-2-8-7-12-11(14-8)9-5-3-4-6-10(9)13/h3-7,13H,2H2,1H3. The van der Waals surface area contributed by atoms with E-state index >= 15 is 0 Å². The lowest BCUT2D eigenvalue weighted by Crippen LogP contribution is -1.75. The first-order valence-corrected chi connectivity index (χ1v) is 5.36. The van der Waals surface area contributed by atoms with Crippen molar-refractivity contribution in [2.75, 3.05) is 0 Å². The molecule has 2 rings (SSSR count). The molecular weight excluding hydrogens is 194 g/mol. The summed E-state index contributed by atoms with van der Waals surface area (Å²) in [5.74, 6) is 0.296. The molecule has 1 N–H and O–H groups in total. The molecule has 2 nitrogen and oxygen atoms in total. The van der Waals surface area contributed by atoms with Crippen molar-refractivity contribution >= 4 is 11.3 Å². The predicted octanol–water partition coefficient (Wildman–Crippen LogP) is 3.08. The second kappa shape index (κ2) is 3.80. The Balaban J connectivity index is 2.44. The van der Waals surface area contributed by atoms with Gasteiger partial charge < -0.3 is 5.11 Å². The highest BCUT2D eigenvalue weighted by molar-refractivity contribution is 7.15. The van der Waals surface area contributed by atoms with Gasteiger partial charge in [-0.15, -0.1) is 11.3 Å². The molecule has 0 aliphatic carbocycles. The highest BCUT2D eigenvalue weighted by Gasteiger charge is 2.06. The van der Waals surface area contributed by atoms with Crippen molar-refractivity contribution in [3.8, 4) is 16.3 Å². The number of aromatic hydroxyl groups is 1. The van der Waals surface area contributed by atoms with E-state index in [1.54, 1.807) is 17.4 Å². The number of phenols is 1. The quantitative estimate of drug-likeness (QED) is 0.817. The van der Waals surface area contributed by atoms with Gasteiger partial charge in [-0.05, 0) is 18.6 Å². The minimum absolute atomic E-state index is 0.296. The van der Waals surface area contributed by atoms with Crippen molar-refractivity contribution in [1.82, 2.24) is 4.98 Å². The summed E-state index contributed by atoms with van der Waals surface area (Å²) < 4.78 is 0. The van der Waals surface area contributed by atoms with E-state index in [1.807, 2.05) is 24.4 Å². The number of nitrogens with zero attached hydrogens (tertiary/aromatic N) is 1. The van der Waals surface area contributed by atoms with Crippen LogP contribution < -0.4 is 0 Å². The molecule has 0 radical (unpaired) electrons. The third-order valence-electron chi connectivity index (χ3n) is 2.04. The van der Waals surface area contributed by atoms with Gasteiger partial charge in [0.1, 0.15) is 10.8 Å². The maximum absolute atomic E-state index is 9.61. The molecule has 0 atom stereocenters. The van der Waals surface area contributed by atoms with Crippen molar-refractivity contribution in [3.05, 3.63) is 35.3 Å². The number of phenolic OH excluding ortho intramolecular Hbond substituents is 1. The Morgan fingerprint density at radius 1 is 1.36 bits per heavy atom. The zero-order valence-corrected chi connectivity index (χ0v) is 8.71. The Kier molecular flexibility index (Phi) is 2.50. The third-order valence-corrected chi connectivity index (χ3v) is 3.21. The Morgan fingerprint density at radius 3 is 2.79 bits per heavy atom. The number of aromatic nitrogens is 1. The molecule has 0 aliphatic heterocycles. The van der Waals surface area contributed by atoms with Crippen LogP contribution in [0.5, 0.6) is 5.75 Å². The number of thiazole rings is 1. The normalized spacial score (nSPS) is 10.4. The lowest BCUT2D eigenvalue weighted by Gasteiger charge is -1.98. The van der Waals surface area contributed by atoms with E-state index in [0.717, 1.165) is 17.0 Å². The van der Waals surface area contributed by atoms with Crippen molar-refractivity contribution < 1.29 is 5.11 Å². The maximum atomic E-state index is 9.61. The summed E-state index contributed by atoms with van der Waals surface area (Å²) in [5, 5.41) is 10.5. The Hall–Kier alpha value is -1.35. The first kappa shape index (κ1) is 9.21. The summed E-state index contributed by atoms with van der Waals surface area (Å²) in [7, 11) is 0. The lowest BCUT2D eigenvalue weighted by molar-refractivity contribution is 0.477. The van der Waals surface area contributed by atoms with E-state index < -0.39 is 0 Å². The summed E-state index contributed by atoms with van der Waals surface area (Å²) in [6.07, 6.45) is 2.86. The molecule has 1 heterocycles. The van der Waals surface area contributed by atoms with Gasteiger partial charge in [-0.2, -0.15) is 0 Å². The van der Waals surface area contributed by atoms with Crippen LogP contribution in [0.2, 0.25) is 0 Å². The fourth-order valence-electron chi connectivity index (χ4n) is 1.25. The molecule has 2 aromatic rings. The Labute approximate surface area is 86.9 Å². The minimum Gasteiger partial charge on any atom is -0.507 e. The summed E-state index contributed by atoms with van der Waals surface area (Å²) in [6.45, 7) is 2.10. The number of hydrogen-bond donors (Lipinski definition) is 1. The lowest BCUT2D eigenvalue weighted by atomic mass is 10.2. The summed E-state index contributed by atoms with van der Waals surface area (Å²) >= 11 is 1.63. The first-order valence-electron chi connectivity index (χ1n) is 4.54. The molecule has 14 heavy (non-hydrogen) atoms. The molecule has 72 valence electrons. The number of aryl methyl sites for hydroxylation is 1. The van der Waals surface area contributed by atoms with E-state index in [1.165, 1.54) is 4.88 Å². The number of benzene rings is 1. The van der Waals surface area contributed by atoms with Crippen molar-refractivity contribution in [1.29, 1.82) is 0 Å². The van der Waals surface area contributed by atoms with Gasteiger partial charge in [0.05, 0.1) is 5.56 Å². The van der Waals surface area contributed by atoms with Crippen LogP contribution in [-0.2, 0) is 6.42 Å². The van der Waals surface area contributed by atoms with Crippen molar-refractivity contribution in [2.24, 2.45) is 0 Å². The zero-order chi connectivity index (χ0) is 9.97. The van der Waals surface area contributed by atoms with Crippen LogP contribution in [0, 0.1) is 0 Å². The van der Waals surface area contributed by atoms with Gasteiger partial charge in [-0.25, -0.2) is 4.98 Å². The minimum atomic E-state index is 0.296. The maximum Gasteiger partial charge on any atom is 0.127 e. The first-order chi connectivity index (χ1) is 6.81. The van der Waals surface area contributed by atoms with Crippen molar-refractivity contribution in [3.63, 3.8) is 0 Å². The van der Waals surface area contributed by atoms with Gasteiger partial charge in [0, 0.05) is 11.1 Å². The molecule has 0 bridgehead atoms. The highest BCUT2D eigenvalue weighted by atomic mass is 32.1. The van der Waals surface area contributed by atoms with Crippen LogP contribution in [-0.4, -0.2) is 10.1 Å². The summed E-state index contributed by atoms with van der Waals surface area (Å²) in [5.41, 5.74) is 0.817. The zero-order valence-electron chi connectivity index (χ0n) is 7.90. The fraction of sp³-hybridized carbons (Fsp3) is 0.182. The second-order valence-electron chi connectivity index (χ2n) is 3.00. The van der Waals surface area contributed by atoms with Crippen LogP contribution in [0.4, 0.5) is 0 Å². The van der Waals surface area contributed by atoms with Crippen LogP contribution in [0.15, 0.2) is 30.5 Å². The Bertz CT molecular complexity index is 436. The fourth-order valence-corrected chi connectivity index (χ4v) is 2.14. The predicted molar refractivity (Wildman–Crippen MR) is 58.6 cm³/mol. The van der Waals surface area contributed by atoms with Crippen LogP contribution in [0.3, 0.4) is 0 Å². The molecule has 0 aliphatic rings. The number of hydrogen-bond acceptors (Lipinski definition) is 3. The average Bonchev–Trinajstić information content (AvgIpc) is 2.67. The smallest absolute Gasteiger partial charge is 0.127 e. The largest absolute Gasteiger partial charge is 0.507 e. The SMILES string of the molecule is CCc1cnc(-c2ccccc2O)s1. The van der Waals surface area contributed by atoms with Gasteiger partial charge in [0.15, 0.2) is 0 Å². The van der Waals surface area contributed by atoms with Gasteiger partial charge in [-0.1, -0.05) is 19.1 Å². The summed E-state index contributed by atoms with van der Waals surface area (Å²) in [6, 6.07) is 7.28. The van der Waals surface area contributed by atoms with Crippen molar-refractivity contribution in [2.45, 2.75) is 13.3 Å². The van der Waals surface area contributed by atoms with Crippen LogP contribution in [0.1, 0.15) is 11.8 Å². The third kappa shape index (κ3) is 1.63. The van der Waals surface area contributed by atoms with E-state index in [-0.39, 0.29) is 0 Å². The topological polar surface area (TPSA) is 33.1 Å². The monoisotopic (exact) mass is 205 g/mol. The highest BCUT2D eigenvalue weighted by Crippen LogP contribution is 2.31. The molecule has 0 amide bonds. The van der Waals surface area contributed by atoms with Gasteiger partial charge in [0.2, 0.25) is 0 Å².